The number of benzene rings is 9. The highest BCUT2D eigenvalue weighted by Crippen LogP contribution is 2.49. The summed E-state index contributed by atoms with van der Waals surface area (Å²) in [5.41, 5.74) is 14.3. The fourth-order valence-corrected chi connectivity index (χ4v) is 10.4. The minimum absolute atomic E-state index is 1.11. The lowest BCUT2D eigenvalue weighted by molar-refractivity contribution is 1.30. The van der Waals surface area contributed by atoms with Crippen LogP contribution >= 0.6 is 11.3 Å². The fourth-order valence-electron chi connectivity index (χ4n) is 9.16. The molecule has 0 bridgehead atoms. The predicted molar refractivity (Wildman–Crippen MR) is 245 cm³/mol. The molecule has 0 amide bonds. The molecule has 0 aliphatic carbocycles. The van der Waals surface area contributed by atoms with Gasteiger partial charge in [-0.05, 0) is 88.0 Å². The predicted octanol–water partition coefficient (Wildman–Crippen LogP) is 15.7. The Morgan fingerprint density at radius 1 is 0.368 bits per heavy atom. The van der Waals surface area contributed by atoms with Crippen molar-refractivity contribution in [3.05, 3.63) is 206 Å². The van der Waals surface area contributed by atoms with Gasteiger partial charge in [-0.2, -0.15) is 0 Å². The first-order chi connectivity index (χ1) is 28.3. The zero-order chi connectivity index (χ0) is 37.5. The van der Waals surface area contributed by atoms with Crippen molar-refractivity contribution in [1.82, 2.24) is 4.40 Å². The van der Waals surface area contributed by atoms with E-state index in [9.17, 15) is 0 Å². The molecular weight excluding hydrogens is 709 g/mol. The van der Waals surface area contributed by atoms with Gasteiger partial charge in [0.15, 0.2) is 0 Å². The summed E-state index contributed by atoms with van der Waals surface area (Å²) in [6.45, 7) is 0. The Labute approximate surface area is 334 Å². The lowest BCUT2D eigenvalue weighted by Gasteiger charge is -2.28. The molecule has 0 atom stereocenters. The first kappa shape index (κ1) is 32.1. The minimum Gasteiger partial charge on any atom is -0.310 e. The van der Waals surface area contributed by atoms with Crippen LogP contribution in [0, 0.1) is 0 Å². The molecule has 12 aromatic rings. The Hall–Kier alpha value is -7.20. The molecule has 0 aliphatic heterocycles. The third kappa shape index (κ3) is 4.96. The first-order valence-corrected chi connectivity index (χ1v) is 20.3. The van der Waals surface area contributed by atoms with Gasteiger partial charge in [0.2, 0.25) is 0 Å². The Bertz CT molecular complexity index is 3390. The maximum absolute atomic E-state index is 2.49. The van der Waals surface area contributed by atoms with Crippen LogP contribution in [0.3, 0.4) is 0 Å². The molecule has 3 heterocycles. The average molecular weight is 743 g/mol. The van der Waals surface area contributed by atoms with Gasteiger partial charge in [-0.15, -0.1) is 11.3 Å². The summed E-state index contributed by atoms with van der Waals surface area (Å²) in [4.78, 5) is 2.49. The topological polar surface area (TPSA) is 7.65 Å². The molecule has 3 heteroatoms. The molecule has 2 nitrogen and oxygen atoms in total. The maximum atomic E-state index is 2.49. The van der Waals surface area contributed by atoms with Gasteiger partial charge in [-0.25, -0.2) is 0 Å². The lowest BCUT2D eigenvalue weighted by Crippen LogP contribution is -2.11. The van der Waals surface area contributed by atoms with Crippen LogP contribution in [0.5, 0.6) is 0 Å². The summed E-state index contributed by atoms with van der Waals surface area (Å²) in [5.74, 6) is 0. The van der Waals surface area contributed by atoms with E-state index in [1.807, 2.05) is 11.3 Å². The maximum Gasteiger partial charge on any atom is 0.0641 e. The van der Waals surface area contributed by atoms with Crippen LogP contribution in [-0.4, -0.2) is 4.40 Å². The van der Waals surface area contributed by atoms with Crippen molar-refractivity contribution in [3.63, 3.8) is 0 Å². The largest absolute Gasteiger partial charge is 0.310 e. The van der Waals surface area contributed by atoms with Crippen LogP contribution in [0.15, 0.2) is 206 Å². The normalized spacial score (nSPS) is 11.9. The molecule has 266 valence electrons. The first-order valence-electron chi connectivity index (χ1n) is 19.5. The number of anilines is 3. The van der Waals surface area contributed by atoms with Crippen LogP contribution in [-0.2, 0) is 0 Å². The van der Waals surface area contributed by atoms with E-state index in [-0.39, 0.29) is 0 Å². The van der Waals surface area contributed by atoms with Crippen LogP contribution in [0.2, 0.25) is 0 Å². The van der Waals surface area contributed by atoms with Crippen molar-refractivity contribution in [1.29, 1.82) is 0 Å². The van der Waals surface area contributed by atoms with E-state index < -0.39 is 0 Å². The van der Waals surface area contributed by atoms with Crippen LogP contribution < -0.4 is 4.90 Å². The van der Waals surface area contributed by atoms with E-state index in [0.29, 0.717) is 0 Å². The summed E-state index contributed by atoms with van der Waals surface area (Å²) >= 11 is 1.88. The van der Waals surface area contributed by atoms with Gasteiger partial charge < -0.3 is 9.30 Å². The second-order valence-electron chi connectivity index (χ2n) is 14.9. The third-order valence-corrected chi connectivity index (χ3v) is 12.9. The molecule has 0 saturated carbocycles. The second kappa shape index (κ2) is 12.7. The third-order valence-electron chi connectivity index (χ3n) is 11.7. The Balaban J connectivity index is 1.13. The van der Waals surface area contributed by atoms with Gasteiger partial charge in [0.05, 0.1) is 22.2 Å². The molecule has 57 heavy (non-hydrogen) atoms. The number of para-hydroxylation sites is 2. The smallest absolute Gasteiger partial charge is 0.0641 e. The number of aromatic nitrogens is 1. The molecule has 3 aromatic heterocycles. The summed E-state index contributed by atoms with van der Waals surface area (Å²) in [5, 5.41) is 7.69. The van der Waals surface area contributed by atoms with Gasteiger partial charge in [0.1, 0.15) is 0 Å². The second-order valence-corrected chi connectivity index (χ2v) is 15.9. The Morgan fingerprint density at radius 3 is 1.68 bits per heavy atom. The molecule has 12 rings (SSSR count). The van der Waals surface area contributed by atoms with E-state index in [2.05, 4.69) is 216 Å². The molecular formula is C54H34N2S. The highest BCUT2D eigenvalue weighted by Gasteiger charge is 2.25. The number of rotatable bonds is 6. The number of hydrogen-bond donors (Lipinski definition) is 0. The molecule has 9 aromatic carbocycles. The number of fused-ring (bicyclic) bond motifs is 9. The van der Waals surface area contributed by atoms with Crippen molar-refractivity contribution in [2.75, 3.05) is 4.90 Å². The van der Waals surface area contributed by atoms with E-state index in [4.69, 9.17) is 0 Å². The van der Waals surface area contributed by atoms with Gasteiger partial charge >= 0.3 is 0 Å². The number of thiophene rings is 1. The molecule has 0 N–H and O–H groups in total. The molecule has 0 unspecified atom stereocenters. The summed E-state index contributed by atoms with van der Waals surface area (Å²) in [6, 6.07) is 75.7. The van der Waals surface area contributed by atoms with E-state index >= 15 is 0 Å². The van der Waals surface area contributed by atoms with Crippen LogP contribution in [0.25, 0.3) is 91.6 Å². The quantitative estimate of drug-likeness (QED) is 0.165. The molecule has 0 spiro atoms. The van der Waals surface area contributed by atoms with E-state index in [1.165, 1.54) is 91.6 Å². The number of nitrogens with zero attached hydrogens (tertiary/aromatic N) is 2. The van der Waals surface area contributed by atoms with Crippen molar-refractivity contribution in [3.8, 4) is 33.4 Å². The van der Waals surface area contributed by atoms with Crippen molar-refractivity contribution < 1.29 is 0 Å². The molecule has 0 fully saturated rings. The molecule has 0 saturated heterocycles. The molecule has 0 aliphatic rings. The highest BCUT2D eigenvalue weighted by molar-refractivity contribution is 7.26. The zero-order valence-corrected chi connectivity index (χ0v) is 31.7. The van der Waals surface area contributed by atoms with Gasteiger partial charge in [-0.3, -0.25) is 0 Å². The highest BCUT2D eigenvalue weighted by atomic mass is 32.1. The summed E-state index contributed by atoms with van der Waals surface area (Å²) < 4.78 is 5.12. The van der Waals surface area contributed by atoms with Crippen LogP contribution in [0.4, 0.5) is 17.1 Å². The molecule has 0 radical (unpaired) electrons. The van der Waals surface area contributed by atoms with Crippen LogP contribution in [0.1, 0.15) is 0 Å². The summed E-state index contributed by atoms with van der Waals surface area (Å²) in [6.07, 6.45) is 0. The van der Waals surface area contributed by atoms with Crippen molar-refractivity contribution in [2.24, 2.45) is 0 Å². The zero-order valence-electron chi connectivity index (χ0n) is 30.9. The van der Waals surface area contributed by atoms with Gasteiger partial charge in [0, 0.05) is 53.1 Å². The minimum atomic E-state index is 1.11. The monoisotopic (exact) mass is 742 g/mol. The SMILES string of the molecule is c1ccc(-c2cc(-c3ccccc3)cc(N(c3ccc(-c4cccc5c4sc4ccccc45)cc3)c3ccc4c5ccccc5n5c6ccccc6c3c45)c2)cc1. The number of hydrogen-bond acceptors (Lipinski definition) is 2. The Kier molecular flexibility index (Phi) is 7.13. The average Bonchev–Trinajstić information content (AvgIpc) is 3.95. The fraction of sp³-hybridized carbons (Fsp3) is 0. The van der Waals surface area contributed by atoms with E-state index in [1.54, 1.807) is 0 Å². The Morgan fingerprint density at radius 2 is 0.965 bits per heavy atom. The standard InChI is InChI=1S/C54H34N2S/c1-3-14-35(15-4-1)38-32-39(36-16-5-2-6-17-36)34-41(33-38)55(40-28-26-37(27-29-40)42-21-13-22-46-44-19-9-12-25-51(44)57-54(42)46)50-31-30-45-43-18-7-10-23-48(43)56-49-24-11-8-20-47(49)52(50)53(45)56/h1-34H. The van der Waals surface area contributed by atoms with Crippen molar-refractivity contribution >= 4 is 86.7 Å². The van der Waals surface area contributed by atoms with Gasteiger partial charge in [0.25, 0.3) is 0 Å². The summed E-state index contributed by atoms with van der Waals surface area (Å²) in [7, 11) is 0. The lowest BCUT2D eigenvalue weighted by atomic mass is 9.96. The van der Waals surface area contributed by atoms with E-state index in [0.717, 1.165) is 17.1 Å². The van der Waals surface area contributed by atoms with Crippen molar-refractivity contribution in [2.45, 2.75) is 0 Å². The van der Waals surface area contributed by atoms with Gasteiger partial charge in [-0.1, -0.05) is 152 Å².